The molecule has 0 aromatic carbocycles. The number of aromatic nitrogens is 4. The Morgan fingerprint density at radius 2 is 2.39 bits per heavy atom. The molecule has 1 N–H and O–H groups in total. The van der Waals surface area contributed by atoms with Gasteiger partial charge in [0, 0.05) is 0 Å². The van der Waals surface area contributed by atoms with Gasteiger partial charge in [0.1, 0.15) is 0 Å². The zero-order valence-corrected chi connectivity index (χ0v) is 11.5. The van der Waals surface area contributed by atoms with Crippen LogP contribution < -0.4 is 0 Å². The molecule has 0 radical (unpaired) electrons. The minimum absolute atomic E-state index is 0.221. The molecule has 2 atom stereocenters. The van der Waals surface area contributed by atoms with Gasteiger partial charge in [0.05, 0.1) is 5.25 Å². The fourth-order valence-electron chi connectivity index (χ4n) is 2.08. The molecule has 2 heterocycles. The van der Waals surface area contributed by atoms with Gasteiger partial charge in [-0.1, -0.05) is 13.3 Å². The van der Waals surface area contributed by atoms with Crippen LogP contribution in [0.25, 0.3) is 0 Å². The SMILES string of the molecule is CCC(C)(C(=O)O)n1nnnc1C1CCCCS1. The normalized spacial score (nSPS) is 23.6. The summed E-state index contributed by atoms with van der Waals surface area (Å²) in [6.45, 7) is 3.51. The first-order valence-electron chi connectivity index (χ1n) is 6.23. The molecule has 2 unspecified atom stereocenters. The molecule has 0 aliphatic carbocycles. The number of carbonyl (C=O) groups is 1. The zero-order valence-electron chi connectivity index (χ0n) is 10.7. The van der Waals surface area contributed by atoms with Gasteiger partial charge in [0.25, 0.3) is 0 Å². The molecule has 100 valence electrons. The van der Waals surface area contributed by atoms with Crippen molar-refractivity contribution < 1.29 is 9.90 Å². The quantitative estimate of drug-likeness (QED) is 0.899. The summed E-state index contributed by atoms with van der Waals surface area (Å²) < 4.78 is 1.50. The van der Waals surface area contributed by atoms with Gasteiger partial charge in [-0.05, 0) is 42.4 Å². The predicted octanol–water partition coefficient (Wildman–Crippen LogP) is 1.84. The highest BCUT2D eigenvalue weighted by molar-refractivity contribution is 7.99. The maximum Gasteiger partial charge on any atom is 0.331 e. The van der Waals surface area contributed by atoms with Crippen molar-refractivity contribution in [2.24, 2.45) is 0 Å². The van der Waals surface area contributed by atoms with Crippen LogP contribution in [-0.2, 0) is 10.3 Å². The van der Waals surface area contributed by atoms with Crippen molar-refractivity contribution in [2.75, 3.05) is 5.75 Å². The number of nitrogens with zero attached hydrogens (tertiary/aromatic N) is 4. The topological polar surface area (TPSA) is 80.9 Å². The molecule has 1 fully saturated rings. The maximum absolute atomic E-state index is 11.5. The van der Waals surface area contributed by atoms with Gasteiger partial charge in [-0.3, -0.25) is 0 Å². The molecule has 2 rings (SSSR count). The molecule has 0 spiro atoms. The van der Waals surface area contributed by atoms with E-state index in [-0.39, 0.29) is 5.25 Å². The van der Waals surface area contributed by atoms with Crippen LogP contribution in [0.1, 0.15) is 50.6 Å². The van der Waals surface area contributed by atoms with Gasteiger partial charge in [-0.2, -0.15) is 11.8 Å². The van der Waals surface area contributed by atoms with Crippen molar-refractivity contribution in [3.8, 4) is 0 Å². The summed E-state index contributed by atoms with van der Waals surface area (Å²) in [6.07, 6.45) is 3.84. The fraction of sp³-hybridized carbons (Fsp3) is 0.818. The first kappa shape index (κ1) is 13.3. The Balaban J connectivity index is 2.34. The number of hydrogen-bond donors (Lipinski definition) is 1. The van der Waals surface area contributed by atoms with Crippen molar-refractivity contribution in [2.45, 2.75) is 50.3 Å². The summed E-state index contributed by atoms with van der Waals surface area (Å²) >= 11 is 1.82. The third-order valence-electron chi connectivity index (χ3n) is 3.58. The first-order valence-corrected chi connectivity index (χ1v) is 7.28. The van der Waals surface area contributed by atoms with Crippen molar-refractivity contribution in [1.29, 1.82) is 0 Å². The van der Waals surface area contributed by atoms with Crippen molar-refractivity contribution in [1.82, 2.24) is 20.2 Å². The Morgan fingerprint density at radius 3 is 2.94 bits per heavy atom. The van der Waals surface area contributed by atoms with Gasteiger partial charge < -0.3 is 5.11 Å². The molecule has 6 nitrogen and oxygen atoms in total. The number of tetrazole rings is 1. The van der Waals surface area contributed by atoms with E-state index < -0.39 is 11.5 Å². The summed E-state index contributed by atoms with van der Waals surface area (Å²) in [5.41, 5.74) is -1.06. The number of carboxylic acid groups (broad SMARTS) is 1. The summed E-state index contributed by atoms with van der Waals surface area (Å²) in [5.74, 6) is 0.902. The van der Waals surface area contributed by atoms with Crippen molar-refractivity contribution in [3.63, 3.8) is 0 Å². The van der Waals surface area contributed by atoms with E-state index in [0.29, 0.717) is 12.2 Å². The molecule has 1 saturated heterocycles. The number of rotatable bonds is 4. The van der Waals surface area contributed by atoms with Crippen LogP contribution in [0.2, 0.25) is 0 Å². The second kappa shape index (κ2) is 5.26. The number of hydrogen-bond acceptors (Lipinski definition) is 5. The van der Waals surface area contributed by atoms with Crippen LogP contribution in [0.4, 0.5) is 0 Å². The van der Waals surface area contributed by atoms with Crippen LogP contribution in [-0.4, -0.2) is 37.0 Å². The van der Waals surface area contributed by atoms with Crippen LogP contribution in [0.3, 0.4) is 0 Å². The molecular weight excluding hydrogens is 252 g/mol. The molecule has 1 aromatic rings. The molecular formula is C11H18N4O2S. The fourth-order valence-corrected chi connectivity index (χ4v) is 3.37. The van der Waals surface area contributed by atoms with Crippen LogP contribution in [0.15, 0.2) is 0 Å². The molecule has 1 aliphatic rings. The van der Waals surface area contributed by atoms with E-state index in [0.717, 1.165) is 18.6 Å². The molecule has 0 saturated carbocycles. The number of aliphatic carboxylic acids is 1. The van der Waals surface area contributed by atoms with E-state index in [2.05, 4.69) is 15.5 Å². The second-order valence-electron chi connectivity index (χ2n) is 4.74. The molecule has 1 aromatic heterocycles. The number of thioether (sulfide) groups is 1. The van der Waals surface area contributed by atoms with E-state index >= 15 is 0 Å². The summed E-state index contributed by atoms with van der Waals surface area (Å²) in [7, 11) is 0. The van der Waals surface area contributed by atoms with Crippen LogP contribution in [0, 0.1) is 0 Å². The minimum atomic E-state index is -1.06. The lowest BCUT2D eigenvalue weighted by molar-refractivity contribution is -0.147. The maximum atomic E-state index is 11.5. The smallest absolute Gasteiger partial charge is 0.331 e. The standard InChI is InChI=1S/C11H18N4O2S/c1-3-11(2,10(16)17)15-9(12-13-14-15)8-6-4-5-7-18-8/h8H,3-7H2,1-2H3,(H,16,17). The third-order valence-corrected chi connectivity index (χ3v) is 4.95. The zero-order chi connectivity index (χ0) is 13.2. The van der Waals surface area contributed by atoms with Gasteiger partial charge in [0.2, 0.25) is 0 Å². The highest BCUT2D eigenvalue weighted by atomic mass is 32.2. The molecule has 0 amide bonds. The van der Waals surface area contributed by atoms with Crippen molar-refractivity contribution >= 4 is 17.7 Å². The lowest BCUT2D eigenvalue weighted by atomic mass is 9.99. The predicted molar refractivity (Wildman–Crippen MR) is 68.4 cm³/mol. The van der Waals surface area contributed by atoms with Crippen LogP contribution >= 0.6 is 11.8 Å². The van der Waals surface area contributed by atoms with E-state index in [9.17, 15) is 9.90 Å². The summed E-state index contributed by atoms with van der Waals surface area (Å²) in [4.78, 5) is 11.5. The van der Waals surface area contributed by atoms with Gasteiger partial charge in [-0.25, -0.2) is 9.48 Å². The van der Waals surface area contributed by atoms with E-state index in [4.69, 9.17) is 0 Å². The Kier molecular flexibility index (Phi) is 3.89. The average Bonchev–Trinajstić information content (AvgIpc) is 2.88. The summed E-state index contributed by atoms with van der Waals surface area (Å²) in [6, 6.07) is 0. The monoisotopic (exact) mass is 270 g/mol. The molecule has 18 heavy (non-hydrogen) atoms. The van der Waals surface area contributed by atoms with Gasteiger partial charge in [-0.15, -0.1) is 5.10 Å². The van der Waals surface area contributed by atoms with E-state index in [1.165, 1.54) is 11.1 Å². The summed E-state index contributed by atoms with van der Waals surface area (Å²) in [5, 5.41) is 21.3. The van der Waals surface area contributed by atoms with Crippen molar-refractivity contribution in [3.05, 3.63) is 5.82 Å². The molecule has 7 heteroatoms. The van der Waals surface area contributed by atoms with Gasteiger partial charge in [0.15, 0.2) is 11.4 Å². The molecule has 0 bridgehead atoms. The highest BCUT2D eigenvalue weighted by Gasteiger charge is 2.38. The Hall–Kier alpha value is -1.11. The Labute approximate surface area is 110 Å². The van der Waals surface area contributed by atoms with Gasteiger partial charge >= 0.3 is 5.97 Å². The Bertz CT molecular complexity index is 430. The number of carboxylic acids is 1. The molecule has 1 aliphatic heterocycles. The minimum Gasteiger partial charge on any atom is -0.479 e. The largest absolute Gasteiger partial charge is 0.479 e. The lowest BCUT2D eigenvalue weighted by Gasteiger charge is -2.27. The van der Waals surface area contributed by atoms with E-state index in [1.54, 1.807) is 6.92 Å². The van der Waals surface area contributed by atoms with Crippen LogP contribution in [0.5, 0.6) is 0 Å². The van der Waals surface area contributed by atoms with E-state index in [1.807, 2.05) is 18.7 Å². The lowest BCUT2D eigenvalue weighted by Crippen LogP contribution is -2.40. The highest BCUT2D eigenvalue weighted by Crippen LogP contribution is 2.38. The third kappa shape index (κ3) is 2.23. The first-order chi connectivity index (χ1) is 8.59. The second-order valence-corrected chi connectivity index (χ2v) is 6.05. The average molecular weight is 270 g/mol. The Morgan fingerprint density at radius 1 is 1.61 bits per heavy atom.